The van der Waals surface area contributed by atoms with Crippen molar-refractivity contribution in [2.24, 2.45) is 0 Å². The molecule has 0 amide bonds. The second-order valence-electron chi connectivity index (χ2n) is 5.17. The quantitative estimate of drug-likeness (QED) is 0.632. The second kappa shape index (κ2) is 2.91. The monoisotopic (exact) mass is 218 g/mol. The van der Waals surface area contributed by atoms with Gasteiger partial charge in [-0.25, -0.2) is 0 Å². The Labute approximate surface area is 86.9 Å². The summed E-state index contributed by atoms with van der Waals surface area (Å²) < 4.78 is 11.7. The molecule has 3 nitrogen and oxygen atoms in total. The van der Waals surface area contributed by atoms with Crippen molar-refractivity contribution < 1.29 is 14.6 Å². The van der Waals surface area contributed by atoms with Crippen molar-refractivity contribution in [3.8, 4) is 0 Å². The van der Waals surface area contributed by atoms with E-state index in [9.17, 15) is 5.11 Å². The zero-order valence-corrected chi connectivity index (χ0v) is 10.3. The highest BCUT2D eigenvalue weighted by atomic mass is 31.1. The van der Waals surface area contributed by atoms with Crippen molar-refractivity contribution in [3.05, 3.63) is 0 Å². The van der Waals surface area contributed by atoms with E-state index in [1.54, 1.807) is 6.92 Å². The average molecular weight is 218 g/mol. The first kappa shape index (κ1) is 10.8. The first-order chi connectivity index (χ1) is 6.22. The van der Waals surface area contributed by atoms with E-state index < -0.39 is 5.79 Å². The van der Waals surface area contributed by atoms with Crippen LogP contribution in [0, 0.1) is 0 Å². The van der Waals surface area contributed by atoms with Crippen LogP contribution in [-0.2, 0) is 9.47 Å². The maximum absolute atomic E-state index is 10.00. The predicted octanol–water partition coefficient (Wildman–Crippen LogP) is 2.03. The number of fused-ring (bicyclic) bond motifs is 2. The molecular formula is C10H19O3P. The average Bonchev–Trinajstić information content (AvgIpc) is 1.71. The number of aliphatic hydroxyl groups is 1. The summed E-state index contributed by atoms with van der Waals surface area (Å²) in [6, 6.07) is 0. The van der Waals surface area contributed by atoms with E-state index in [2.05, 4.69) is 20.8 Å². The van der Waals surface area contributed by atoms with E-state index in [1.807, 2.05) is 0 Å². The Kier molecular flexibility index (Phi) is 2.25. The van der Waals surface area contributed by atoms with Gasteiger partial charge in [0.1, 0.15) is 0 Å². The Morgan fingerprint density at radius 1 is 1.29 bits per heavy atom. The molecule has 2 aliphatic rings. The molecule has 2 bridgehead atoms. The van der Waals surface area contributed by atoms with Gasteiger partial charge in [0.15, 0.2) is 5.79 Å². The molecule has 2 heterocycles. The van der Waals surface area contributed by atoms with E-state index in [1.165, 1.54) is 0 Å². The van der Waals surface area contributed by atoms with Crippen LogP contribution in [0.1, 0.15) is 40.5 Å². The van der Waals surface area contributed by atoms with Crippen LogP contribution in [0.4, 0.5) is 0 Å². The molecule has 2 rings (SSSR count). The summed E-state index contributed by atoms with van der Waals surface area (Å²) in [5, 5.41) is 9.60. The minimum Gasteiger partial charge on any atom is -0.368 e. The van der Waals surface area contributed by atoms with E-state index >= 15 is 0 Å². The maximum Gasteiger partial charge on any atom is 0.166 e. The molecule has 1 N–H and O–H groups in total. The van der Waals surface area contributed by atoms with Crippen LogP contribution in [-0.4, -0.2) is 27.7 Å². The SMILES string of the molecule is CC1CC2(C)OC(C)(O)CC(C)(O1)P2. The number of hydrogen-bond acceptors (Lipinski definition) is 3. The van der Waals surface area contributed by atoms with Crippen molar-refractivity contribution in [1.82, 2.24) is 0 Å². The van der Waals surface area contributed by atoms with Gasteiger partial charge in [0.25, 0.3) is 0 Å². The third kappa shape index (κ3) is 1.96. The fourth-order valence-corrected chi connectivity index (χ4v) is 5.43. The Morgan fingerprint density at radius 2 is 1.93 bits per heavy atom. The zero-order chi connectivity index (χ0) is 10.6. The lowest BCUT2D eigenvalue weighted by molar-refractivity contribution is -0.282. The summed E-state index contributed by atoms with van der Waals surface area (Å²) in [5.74, 6) is -1.03. The predicted molar refractivity (Wildman–Crippen MR) is 56.6 cm³/mol. The third-order valence-corrected chi connectivity index (χ3v) is 4.44. The first-order valence-electron chi connectivity index (χ1n) is 5.12. The fraction of sp³-hybridized carbons (Fsp3) is 1.00. The molecule has 0 radical (unpaired) electrons. The lowest BCUT2D eigenvalue weighted by Crippen LogP contribution is -2.56. The molecule has 0 spiro atoms. The Hall–Kier alpha value is 0.310. The molecule has 5 atom stereocenters. The minimum atomic E-state index is -1.03. The van der Waals surface area contributed by atoms with Gasteiger partial charge >= 0.3 is 0 Å². The van der Waals surface area contributed by atoms with Crippen molar-refractivity contribution in [1.29, 1.82) is 0 Å². The smallest absolute Gasteiger partial charge is 0.166 e. The molecular weight excluding hydrogens is 199 g/mol. The van der Waals surface area contributed by atoms with Crippen LogP contribution in [0.3, 0.4) is 0 Å². The molecule has 0 aliphatic carbocycles. The zero-order valence-electron chi connectivity index (χ0n) is 9.26. The second-order valence-corrected chi connectivity index (χ2v) is 7.54. The molecule has 2 saturated heterocycles. The van der Waals surface area contributed by atoms with Gasteiger partial charge in [-0.1, -0.05) is 8.58 Å². The van der Waals surface area contributed by atoms with E-state index in [-0.39, 0.29) is 16.8 Å². The molecule has 2 fully saturated rings. The Morgan fingerprint density at radius 3 is 2.50 bits per heavy atom. The summed E-state index contributed by atoms with van der Waals surface area (Å²) in [6.07, 6.45) is 1.66. The van der Waals surface area contributed by atoms with Gasteiger partial charge in [0, 0.05) is 12.8 Å². The van der Waals surface area contributed by atoms with Gasteiger partial charge in [-0.05, 0) is 27.7 Å². The number of rotatable bonds is 0. The highest BCUT2D eigenvalue weighted by Crippen LogP contribution is 2.60. The standard InChI is InChI=1S/C10H19O3P/c1-7-5-9(3)13-8(2,11)6-10(4,12-7)14-9/h7,11,14H,5-6H2,1-4H3. The maximum atomic E-state index is 10.00. The van der Waals surface area contributed by atoms with Gasteiger partial charge in [-0.15, -0.1) is 0 Å². The summed E-state index contributed by atoms with van der Waals surface area (Å²) in [5.41, 5.74) is 0. The molecule has 5 unspecified atom stereocenters. The molecule has 0 aromatic rings. The van der Waals surface area contributed by atoms with Crippen LogP contribution in [0.25, 0.3) is 0 Å². The van der Waals surface area contributed by atoms with Crippen LogP contribution in [0.5, 0.6) is 0 Å². The molecule has 0 aromatic carbocycles. The summed E-state index contributed by atoms with van der Waals surface area (Å²) in [6.45, 7) is 7.96. The summed E-state index contributed by atoms with van der Waals surface area (Å²) in [7, 11) is 0.608. The number of ether oxygens (including phenoxy) is 2. The Bertz CT molecular complexity index is 226. The van der Waals surface area contributed by atoms with E-state index in [0.29, 0.717) is 15.0 Å². The van der Waals surface area contributed by atoms with Crippen molar-refractivity contribution in [2.45, 2.75) is 63.1 Å². The van der Waals surface area contributed by atoms with Crippen LogP contribution in [0.15, 0.2) is 0 Å². The van der Waals surface area contributed by atoms with E-state index in [0.717, 1.165) is 6.42 Å². The highest BCUT2D eigenvalue weighted by Gasteiger charge is 2.54. The van der Waals surface area contributed by atoms with Gasteiger partial charge in [0.2, 0.25) is 0 Å². The lowest BCUT2D eigenvalue weighted by Gasteiger charge is -2.55. The van der Waals surface area contributed by atoms with Gasteiger partial charge in [0.05, 0.1) is 16.8 Å². The first-order valence-corrected chi connectivity index (χ1v) is 6.12. The minimum absolute atomic E-state index is 0.200. The summed E-state index contributed by atoms with van der Waals surface area (Å²) >= 11 is 0. The fourth-order valence-electron chi connectivity index (χ4n) is 2.97. The third-order valence-electron chi connectivity index (χ3n) is 2.78. The van der Waals surface area contributed by atoms with Crippen LogP contribution in [0.2, 0.25) is 0 Å². The van der Waals surface area contributed by atoms with E-state index in [4.69, 9.17) is 9.47 Å². The summed E-state index contributed by atoms with van der Waals surface area (Å²) in [4.78, 5) is 0. The lowest BCUT2D eigenvalue weighted by atomic mass is 10.1. The van der Waals surface area contributed by atoms with Crippen molar-refractivity contribution >= 4 is 8.58 Å². The Balaban J connectivity index is 2.28. The van der Waals surface area contributed by atoms with Crippen LogP contribution < -0.4 is 0 Å². The molecule has 0 saturated carbocycles. The van der Waals surface area contributed by atoms with Gasteiger partial charge < -0.3 is 14.6 Å². The van der Waals surface area contributed by atoms with Crippen LogP contribution >= 0.6 is 8.58 Å². The number of hydrogen-bond donors (Lipinski definition) is 1. The normalized spacial score (nSPS) is 60.2. The molecule has 14 heavy (non-hydrogen) atoms. The topological polar surface area (TPSA) is 38.7 Å². The molecule has 82 valence electrons. The van der Waals surface area contributed by atoms with Gasteiger partial charge in [-0.3, -0.25) is 0 Å². The highest BCUT2D eigenvalue weighted by molar-refractivity contribution is 7.41. The van der Waals surface area contributed by atoms with Gasteiger partial charge in [-0.2, -0.15) is 0 Å². The molecule has 2 aliphatic heterocycles. The van der Waals surface area contributed by atoms with Crippen molar-refractivity contribution in [3.63, 3.8) is 0 Å². The largest absolute Gasteiger partial charge is 0.368 e. The van der Waals surface area contributed by atoms with Crippen molar-refractivity contribution in [2.75, 3.05) is 0 Å². The molecule has 4 heteroatoms. The molecule has 0 aromatic heterocycles.